The molecule has 2 aromatic carbocycles. The molecular weight excluding hydrogens is 424 g/mol. The predicted molar refractivity (Wildman–Crippen MR) is 111 cm³/mol. The highest BCUT2D eigenvalue weighted by atomic mass is 32.2. The second kappa shape index (κ2) is 8.52. The molecule has 0 atom stereocenters. The van der Waals surface area contributed by atoms with Crippen molar-refractivity contribution in [1.82, 2.24) is 4.31 Å². The van der Waals surface area contributed by atoms with E-state index in [1.165, 1.54) is 23.1 Å². The number of hydrogen-bond donors (Lipinski definition) is 0. The molecule has 0 saturated heterocycles. The summed E-state index contributed by atoms with van der Waals surface area (Å²) < 4.78 is 28.7. The van der Waals surface area contributed by atoms with Crippen molar-refractivity contribution in [1.29, 1.82) is 0 Å². The van der Waals surface area contributed by atoms with E-state index in [-0.39, 0.29) is 34.1 Å². The molecule has 1 heterocycles. The molecule has 0 unspecified atom stereocenters. The third-order valence-corrected chi connectivity index (χ3v) is 5.46. The molecule has 3 amide bonds. The molecule has 0 N–H and O–H groups in total. The number of ether oxygens (including phenoxy) is 1. The zero-order valence-electron chi connectivity index (χ0n) is 16.5. The van der Waals surface area contributed by atoms with Gasteiger partial charge in [-0.25, -0.2) is 13.2 Å². The number of rotatable bonds is 7. The average Bonchev–Trinajstić information content (AvgIpc) is 3.01. The standard InChI is InChI=1S/C21H18N2O7S/c1-3-18(24)30-12-11-22(15-7-5-4-6-8-15)19(25)14-9-10-16-17(13-14)21(27)23(20(16)26)31(2,28)29/h3-10,13H,1,11-12H2,2H3. The smallest absolute Gasteiger partial charge is 0.330 e. The van der Waals surface area contributed by atoms with E-state index >= 15 is 0 Å². The van der Waals surface area contributed by atoms with Crippen LogP contribution in [-0.4, -0.2) is 55.8 Å². The minimum Gasteiger partial charge on any atom is -0.461 e. The Morgan fingerprint density at radius 1 is 1.06 bits per heavy atom. The average molecular weight is 442 g/mol. The van der Waals surface area contributed by atoms with E-state index < -0.39 is 33.7 Å². The maximum absolute atomic E-state index is 13.2. The fourth-order valence-electron chi connectivity index (χ4n) is 3.06. The van der Waals surface area contributed by atoms with Crippen LogP contribution in [0.15, 0.2) is 61.2 Å². The van der Waals surface area contributed by atoms with Gasteiger partial charge in [0.2, 0.25) is 10.0 Å². The quantitative estimate of drug-likeness (QED) is 0.363. The summed E-state index contributed by atoms with van der Waals surface area (Å²) in [6.45, 7) is 3.22. The first-order valence-electron chi connectivity index (χ1n) is 9.04. The lowest BCUT2D eigenvalue weighted by molar-refractivity contribution is -0.137. The van der Waals surface area contributed by atoms with E-state index in [0.717, 1.165) is 12.3 Å². The molecule has 0 aliphatic carbocycles. The number of benzene rings is 2. The number of nitrogens with zero attached hydrogens (tertiary/aromatic N) is 2. The van der Waals surface area contributed by atoms with Crippen LogP contribution in [0.3, 0.4) is 0 Å². The number of sulfonamides is 1. The summed E-state index contributed by atoms with van der Waals surface area (Å²) in [5, 5.41) is 0. The minimum absolute atomic E-state index is 0.0157. The Hall–Kier alpha value is -3.79. The van der Waals surface area contributed by atoms with Gasteiger partial charge in [0, 0.05) is 17.3 Å². The highest BCUT2D eigenvalue weighted by molar-refractivity contribution is 7.89. The molecule has 0 aromatic heterocycles. The Kier molecular flexibility index (Phi) is 6.02. The van der Waals surface area contributed by atoms with Crippen molar-refractivity contribution >= 4 is 39.4 Å². The van der Waals surface area contributed by atoms with Crippen LogP contribution in [0.4, 0.5) is 5.69 Å². The third kappa shape index (κ3) is 4.38. The van der Waals surface area contributed by atoms with Crippen LogP contribution in [0.25, 0.3) is 0 Å². The van der Waals surface area contributed by atoms with E-state index in [0.29, 0.717) is 5.69 Å². The largest absolute Gasteiger partial charge is 0.461 e. The van der Waals surface area contributed by atoms with Crippen molar-refractivity contribution in [2.24, 2.45) is 0 Å². The number of anilines is 1. The minimum atomic E-state index is -4.10. The van der Waals surface area contributed by atoms with E-state index in [9.17, 15) is 27.6 Å². The van der Waals surface area contributed by atoms with Crippen LogP contribution in [0.5, 0.6) is 0 Å². The normalized spacial score (nSPS) is 13.0. The topological polar surface area (TPSA) is 118 Å². The highest BCUT2D eigenvalue weighted by Crippen LogP contribution is 2.27. The van der Waals surface area contributed by atoms with Crippen molar-refractivity contribution < 1.29 is 32.3 Å². The van der Waals surface area contributed by atoms with Crippen LogP contribution in [0.1, 0.15) is 31.1 Å². The van der Waals surface area contributed by atoms with Gasteiger partial charge in [0.25, 0.3) is 17.7 Å². The molecule has 1 aliphatic heterocycles. The van der Waals surface area contributed by atoms with Crippen LogP contribution in [0, 0.1) is 0 Å². The molecule has 31 heavy (non-hydrogen) atoms. The van der Waals surface area contributed by atoms with Gasteiger partial charge < -0.3 is 9.64 Å². The second-order valence-electron chi connectivity index (χ2n) is 6.56. The first-order valence-corrected chi connectivity index (χ1v) is 10.9. The number of carbonyl (C=O) groups excluding carboxylic acids is 4. The molecule has 9 nitrogen and oxygen atoms in total. The Labute approximate surface area is 178 Å². The molecule has 1 aliphatic rings. The van der Waals surface area contributed by atoms with E-state index in [4.69, 9.17) is 4.74 Å². The van der Waals surface area contributed by atoms with Crippen molar-refractivity contribution in [2.75, 3.05) is 24.3 Å². The third-order valence-electron chi connectivity index (χ3n) is 4.47. The SMILES string of the molecule is C=CC(=O)OCCN(C(=O)c1ccc2c(c1)C(=O)N(S(C)(=O)=O)C2=O)c1ccccc1. The maximum Gasteiger partial charge on any atom is 0.330 e. The molecule has 0 spiro atoms. The molecule has 10 heteroatoms. The first kappa shape index (κ1) is 21.9. The van der Waals surface area contributed by atoms with E-state index in [1.807, 2.05) is 0 Å². The van der Waals surface area contributed by atoms with Gasteiger partial charge in [0.05, 0.1) is 23.9 Å². The Bertz CT molecular complexity index is 1190. The van der Waals surface area contributed by atoms with Gasteiger partial charge in [-0.2, -0.15) is 4.31 Å². The van der Waals surface area contributed by atoms with E-state index in [2.05, 4.69) is 6.58 Å². The molecule has 0 bridgehead atoms. The summed E-state index contributed by atoms with van der Waals surface area (Å²) in [4.78, 5) is 50.6. The first-order chi connectivity index (χ1) is 14.6. The summed E-state index contributed by atoms with van der Waals surface area (Å²) in [7, 11) is -4.10. The van der Waals surface area contributed by atoms with Crippen LogP contribution >= 0.6 is 0 Å². The van der Waals surface area contributed by atoms with Crippen LogP contribution < -0.4 is 4.90 Å². The number of amides is 3. The van der Waals surface area contributed by atoms with Gasteiger partial charge in [0.15, 0.2) is 0 Å². The van der Waals surface area contributed by atoms with Gasteiger partial charge in [-0.15, -0.1) is 0 Å². The highest BCUT2D eigenvalue weighted by Gasteiger charge is 2.41. The lowest BCUT2D eigenvalue weighted by Crippen LogP contribution is -2.35. The summed E-state index contributed by atoms with van der Waals surface area (Å²) in [5.41, 5.74) is 0.308. The van der Waals surface area contributed by atoms with Crippen molar-refractivity contribution in [3.63, 3.8) is 0 Å². The number of imide groups is 1. The number of fused-ring (bicyclic) bond motifs is 1. The lowest BCUT2D eigenvalue weighted by atomic mass is 10.0. The molecule has 2 aromatic rings. The van der Waals surface area contributed by atoms with Gasteiger partial charge in [-0.3, -0.25) is 14.4 Å². The molecule has 160 valence electrons. The Morgan fingerprint density at radius 3 is 2.32 bits per heavy atom. The Morgan fingerprint density at radius 2 is 1.71 bits per heavy atom. The predicted octanol–water partition coefficient (Wildman–Crippen LogP) is 1.62. The summed E-state index contributed by atoms with van der Waals surface area (Å²) in [6, 6.07) is 12.3. The number of para-hydroxylation sites is 1. The molecular formula is C21H18N2O7S. The lowest BCUT2D eigenvalue weighted by Gasteiger charge is -2.23. The van der Waals surface area contributed by atoms with Gasteiger partial charge >= 0.3 is 5.97 Å². The number of esters is 1. The molecule has 3 rings (SSSR count). The fraction of sp³-hybridized carbons (Fsp3) is 0.143. The summed E-state index contributed by atoms with van der Waals surface area (Å²) in [5.74, 6) is -3.13. The second-order valence-corrected chi connectivity index (χ2v) is 8.39. The summed E-state index contributed by atoms with van der Waals surface area (Å²) >= 11 is 0. The number of carbonyl (C=O) groups is 4. The maximum atomic E-state index is 13.2. The summed E-state index contributed by atoms with van der Waals surface area (Å²) in [6.07, 6.45) is 1.76. The zero-order chi connectivity index (χ0) is 22.8. The van der Waals surface area contributed by atoms with E-state index in [1.54, 1.807) is 30.3 Å². The molecule has 0 fully saturated rings. The monoisotopic (exact) mass is 442 g/mol. The molecule has 0 saturated carbocycles. The van der Waals surface area contributed by atoms with Crippen molar-refractivity contribution in [3.8, 4) is 0 Å². The van der Waals surface area contributed by atoms with Crippen LogP contribution in [0.2, 0.25) is 0 Å². The van der Waals surface area contributed by atoms with Gasteiger partial charge in [0.1, 0.15) is 6.61 Å². The van der Waals surface area contributed by atoms with Crippen molar-refractivity contribution in [2.45, 2.75) is 0 Å². The van der Waals surface area contributed by atoms with Gasteiger partial charge in [-0.1, -0.05) is 24.8 Å². The van der Waals surface area contributed by atoms with Crippen molar-refractivity contribution in [3.05, 3.63) is 77.9 Å². The fourth-order valence-corrected chi connectivity index (χ4v) is 3.86. The zero-order valence-corrected chi connectivity index (χ0v) is 17.3. The molecule has 0 radical (unpaired) electrons. The van der Waals surface area contributed by atoms with Crippen LogP contribution in [-0.2, 0) is 19.6 Å². The Balaban J connectivity index is 1.94. The van der Waals surface area contributed by atoms with Gasteiger partial charge in [-0.05, 0) is 30.3 Å². The number of hydrogen-bond acceptors (Lipinski definition) is 7.